The van der Waals surface area contributed by atoms with E-state index in [0.717, 1.165) is 6.42 Å². The van der Waals surface area contributed by atoms with Crippen molar-refractivity contribution in [3.05, 3.63) is 0 Å². The highest BCUT2D eigenvalue weighted by molar-refractivity contribution is 7.39. The van der Waals surface area contributed by atoms with Crippen LogP contribution in [0.25, 0.3) is 0 Å². The summed E-state index contributed by atoms with van der Waals surface area (Å²) in [6, 6.07) is 0. The molecule has 0 amide bonds. The van der Waals surface area contributed by atoms with Gasteiger partial charge in [-0.15, -0.1) is 0 Å². The minimum absolute atomic E-state index is 0.282. The Kier molecular flexibility index (Phi) is 4.02. The van der Waals surface area contributed by atoms with E-state index in [0.29, 0.717) is 5.92 Å². The second-order valence-electron chi connectivity index (χ2n) is 3.78. The highest BCUT2D eigenvalue weighted by Gasteiger charge is 2.22. The van der Waals surface area contributed by atoms with Crippen molar-refractivity contribution in [3.63, 3.8) is 0 Å². The van der Waals surface area contributed by atoms with Crippen LogP contribution in [0.3, 0.4) is 0 Å². The number of carbonyl (C=O) groups is 1. The second-order valence-corrected chi connectivity index (χ2v) is 4.25. The first kappa shape index (κ1) is 10.9. The lowest BCUT2D eigenvalue weighted by Gasteiger charge is -2.25. The molecule has 0 rings (SSSR count). The van der Waals surface area contributed by atoms with E-state index in [1.807, 2.05) is 23.1 Å². The van der Waals surface area contributed by atoms with Gasteiger partial charge in [0.15, 0.2) is 0 Å². The summed E-state index contributed by atoms with van der Waals surface area (Å²) in [6.07, 6.45) is 0.896. The second kappa shape index (κ2) is 4.06. The van der Waals surface area contributed by atoms with Crippen LogP contribution in [0.1, 0.15) is 34.1 Å². The highest BCUT2D eigenvalue weighted by Crippen LogP contribution is 2.21. The van der Waals surface area contributed by atoms with Gasteiger partial charge in [-0.25, -0.2) is 4.79 Å². The molecule has 2 nitrogen and oxygen atoms in total. The molecule has 0 N–H and O–H groups in total. The number of hydrogen-bond donors (Lipinski definition) is 0. The smallest absolute Gasteiger partial charge is 0.320 e. The summed E-state index contributed by atoms with van der Waals surface area (Å²) in [6.45, 7) is 8.07. The zero-order valence-corrected chi connectivity index (χ0v) is 8.83. The van der Waals surface area contributed by atoms with E-state index < -0.39 is 0 Å². The Labute approximate surface area is 70.9 Å². The lowest BCUT2D eigenvalue weighted by Crippen LogP contribution is -2.27. The molecular formula is C8H17O2P. The zero-order chi connectivity index (χ0) is 9.07. The number of rotatable bonds is 3. The molecule has 0 spiro atoms. The molecule has 0 radical (unpaired) electrons. The van der Waals surface area contributed by atoms with Gasteiger partial charge in [-0.1, -0.05) is 13.8 Å². The van der Waals surface area contributed by atoms with Crippen LogP contribution in [-0.2, 0) is 4.74 Å². The first-order chi connectivity index (χ1) is 4.83. The largest absolute Gasteiger partial charge is 0.457 e. The van der Waals surface area contributed by atoms with Gasteiger partial charge in [0.05, 0.1) is 0 Å². The first-order valence-corrected chi connectivity index (χ1v) is 4.39. The van der Waals surface area contributed by atoms with Gasteiger partial charge in [0.1, 0.15) is 5.60 Å². The van der Waals surface area contributed by atoms with E-state index in [2.05, 4.69) is 13.8 Å². The van der Waals surface area contributed by atoms with Gasteiger partial charge < -0.3 is 4.74 Å². The van der Waals surface area contributed by atoms with E-state index in [4.69, 9.17) is 4.74 Å². The van der Waals surface area contributed by atoms with Crippen LogP contribution >= 0.6 is 9.24 Å². The third kappa shape index (κ3) is 6.30. The predicted molar refractivity (Wildman–Crippen MR) is 49.7 cm³/mol. The summed E-state index contributed by atoms with van der Waals surface area (Å²) in [4.78, 5) is 10.6. The molecule has 0 bridgehead atoms. The Morgan fingerprint density at radius 2 is 2.00 bits per heavy atom. The minimum Gasteiger partial charge on any atom is -0.457 e. The SMILES string of the molecule is CC(C)CC(C)(C)OC(=O)P. The van der Waals surface area contributed by atoms with Gasteiger partial charge >= 0.3 is 5.71 Å². The molecule has 0 aromatic rings. The summed E-state index contributed by atoms with van der Waals surface area (Å²) >= 11 is 0. The van der Waals surface area contributed by atoms with Crippen molar-refractivity contribution in [3.8, 4) is 0 Å². The van der Waals surface area contributed by atoms with Crippen LogP contribution in [0.15, 0.2) is 0 Å². The zero-order valence-electron chi connectivity index (χ0n) is 7.68. The van der Waals surface area contributed by atoms with Crippen molar-refractivity contribution in [1.82, 2.24) is 0 Å². The fourth-order valence-corrected chi connectivity index (χ4v) is 1.62. The molecule has 11 heavy (non-hydrogen) atoms. The molecule has 1 atom stereocenters. The molecule has 66 valence electrons. The Hall–Kier alpha value is -0.100. The van der Waals surface area contributed by atoms with E-state index in [-0.39, 0.29) is 11.3 Å². The topological polar surface area (TPSA) is 26.3 Å². The Balaban J connectivity index is 3.89. The van der Waals surface area contributed by atoms with Crippen molar-refractivity contribution in [1.29, 1.82) is 0 Å². The molecule has 1 unspecified atom stereocenters. The molecule has 0 aromatic carbocycles. The number of carbonyl (C=O) groups excluding carboxylic acids is 1. The molecule has 3 heteroatoms. The van der Waals surface area contributed by atoms with Gasteiger partial charge in [-0.3, -0.25) is 0 Å². The molecule has 0 saturated carbocycles. The third-order valence-corrected chi connectivity index (χ3v) is 1.39. The van der Waals surface area contributed by atoms with Crippen LogP contribution in [0.5, 0.6) is 0 Å². The summed E-state index contributed by atoms with van der Waals surface area (Å²) < 4.78 is 5.07. The van der Waals surface area contributed by atoms with E-state index in [9.17, 15) is 4.79 Å². The van der Waals surface area contributed by atoms with Gasteiger partial charge in [-0.05, 0) is 35.4 Å². The summed E-state index contributed by atoms with van der Waals surface area (Å²) in [5, 5.41) is 0. The molecule has 0 heterocycles. The maximum absolute atomic E-state index is 10.6. The van der Waals surface area contributed by atoms with Crippen LogP contribution in [-0.4, -0.2) is 11.3 Å². The lowest BCUT2D eigenvalue weighted by atomic mass is 9.96. The minimum atomic E-state index is -0.326. The summed E-state index contributed by atoms with van der Waals surface area (Å²) in [7, 11) is 2.02. The Bertz CT molecular complexity index is 141. The van der Waals surface area contributed by atoms with Gasteiger partial charge in [0.2, 0.25) is 0 Å². The highest BCUT2D eigenvalue weighted by atomic mass is 31.0. The fourth-order valence-electron chi connectivity index (χ4n) is 1.30. The molecule has 0 aliphatic heterocycles. The summed E-state index contributed by atoms with van der Waals surface area (Å²) in [5.74, 6) is 0.550. The van der Waals surface area contributed by atoms with Gasteiger partial charge in [0, 0.05) is 0 Å². The van der Waals surface area contributed by atoms with Crippen LogP contribution in [0.2, 0.25) is 0 Å². The fraction of sp³-hybridized carbons (Fsp3) is 0.875. The number of hydrogen-bond acceptors (Lipinski definition) is 2. The standard InChI is InChI=1S/C8H17O2P/c1-6(2)5-8(3,4)10-7(9)11/h6H,5,11H2,1-4H3. The molecule has 0 aliphatic rings. The maximum Gasteiger partial charge on any atom is 0.320 e. The van der Waals surface area contributed by atoms with E-state index in [1.54, 1.807) is 0 Å². The van der Waals surface area contributed by atoms with Crippen molar-refractivity contribution in [2.24, 2.45) is 5.92 Å². The molecule has 0 fully saturated rings. The molecular weight excluding hydrogens is 159 g/mol. The predicted octanol–water partition coefficient (Wildman–Crippen LogP) is 2.82. The summed E-state index contributed by atoms with van der Waals surface area (Å²) in [5.41, 5.74) is -0.608. The lowest BCUT2D eigenvalue weighted by molar-refractivity contribution is 0.0416. The molecule has 0 saturated heterocycles. The van der Waals surface area contributed by atoms with E-state index in [1.165, 1.54) is 0 Å². The van der Waals surface area contributed by atoms with Crippen molar-refractivity contribution >= 4 is 15.0 Å². The molecule has 0 aliphatic carbocycles. The van der Waals surface area contributed by atoms with Crippen molar-refractivity contribution in [2.45, 2.75) is 39.7 Å². The normalized spacial score (nSPS) is 11.8. The van der Waals surface area contributed by atoms with Gasteiger partial charge in [-0.2, -0.15) is 0 Å². The van der Waals surface area contributed by atoms with Gasteiger partial charge in [0.25, 0.3) is 0 Å². The third-order valence-electron chi connectivity index (χ3n) is 1.28. The van der Waals surface area contributed by atoms with E-state index >= 15 is 0 Å². The van der Waals surface area contributed by atoms with Crippen LogP contribution < -0.4 is 0 Å². The van der Waals surface area contributed by atoms with Crippen molar-refractivity contribution in [2.75, 3.05) is 0 Å². The Morgan fingerprint density at radius 3 is 2.27 bits per heavy atom. The Morgan fingerprint density at radius 1 is 1.55 bits per heavy atom. The molecule has 0 aromatic heterocycles. The average molecular weight is 176 g/mol. The van der Waals surface area contributed by atoms with Crippen molar-refractivity contribution < 1.29 is 9.53 Å². The first-order valence-electron chi connectivity index (χ1n) is 3.82. The average Bonchev–Trinajstić information content (AvgIpc) is 1.53. The maximum atomic E-state index is 10.6. The monoisotopic (exact) mass is 176 g/mol. The van der Waals surface area contributed by atoms with Crippen LogP contribution in [0.4, 0.5) is 4.79 Å². The van der Waals surface area contributed by atoms with Crippen LogP contribution in [0, 0.1) is 5.92 Å². The number of ether oxygens (including phenoxy) is 1. The quantitative estimate of drug-likeness (QED) is 0.618.